The SMILES string of the molecule is [C-]#[N+]N=c1c2cc(-c3ccc([N+]#[C-])cc3)ccc2c2cc3c(=NC#N)c4cc(-c5ccc(C#N)cc5)ccc4c3cc12. The van der Waals surface area contributed by atoms with Crippen LogP contribution in [0.1, 0.15) is 5.56 Å². The Hall–Kier alpha value is -6.60. The molecule has 7 aromatic rings. The summed E-state index contributed by atoms with van der Waals surface area (Å²) in [6.45, 7) is 14.8. The molecule has 0 aromatic heterocycles. The van der Waals surface area contributed by atoms with Crippen LogP contribution in [0.2, 0.25) is 0 Å². The second-order valence-corrected chi connectivity index (χ2v) is 9.92. The van der Waals surface area contributed by atoms with Gasteiger partial charge in [0.15, 0.2) is 11.0 Å². The lowest BCUT2D eigenvalue weighted by Crippen LogP contribution is -1.99. The number of fused-ring (bicyclic) bond motifs is 6. The molecule has 0 unspecified atom stereocenters. The largest absolute Gasteiger partial charge is 0.238 e. The molecule has 0 bridgehead atoms. The van der Waals surface area contributed by atoms with Gasteiger partial charge in [0.1, 0.15) is 0 Å². The van der Waals surface area contributed by atoms with Crippen LogP contribution in [0, 0.1) is 35.9 Å². The van der Waals surface area contributed by atoms with Crippen LogP contribution in [0.4, 0.5) is 5.69 Å². The molecule has 0 saturated carbocycles. The summed E-state index contributed by atoms with van der Waals surface area (Å²) in [5, 5.41) is 31.5. The molecule has 0 aliphatic carbocycles. The van der Waals surface area contributed by atoms with E-state index in [0.29, 0.717) is 22.0 Å². The van der Waals surface area contributed by atoms with Gasteiger partial charge in [-0.3, -0.25) is 0 Å². The van der Waals surface area contributed by atoms with Crippen molar-refractivity contribution < 1.29 is 0 Å². The Morgan fingerprint density at radius 1 is 0.524 bits per heavy atom. The highest BCUT2D eigenvalue weighted by molar-refractivity contribution is 6.21. The van der Waals surface area contributed by atoms with Crippen molar-refractivity contribution in [3.63, 3.8) is 0 Å². The zero-order valence-corrected chi connectivity index (χ0v) is 21.9. The molecular weight excluding hydrogens is 516 g/mol. The summed E-state index contributed by atoms with van der Waals surface area (Å²) in [6.07, 6.45) is 1.99. The van der Waals surface area contributed by atoms with E-state index in [1.807, 2.05) is 66.9 Å². The molecule has 190 valence electrons. The predicted octanol–water partition coefficient (Wildman–Crippen LogP) is 8.05. The fourth-order valence-corrected chi connectivity index (χ4v) is 5.83. The third-order valence-electron chi connectivity index (χ3n) is 7.79. The van der Waals surface area contributed by atoms with E-state index in [2.05, 4.69) is 38.1 Å². The van der Waals surface area contributed by atoms with Crippen molar-refractivity contribution in [2.24, 2.45) is 10.1 Å². The molecule has 7 rings (SSSR count). The van der Waals surface area contributed by atoms with Gasteiger partial charge >= 0.3 is 0 Å². The van der Waals surface area contributed by atoms with Gasteiger partial charge < -0.3 is 0 Å². The van der Waals surface area contributed by atoms with E-state index >= 15 is 0 Å². The number of hydrogen-bond donors (Lipinski definition) is 0. The maximum absolute atomic E-state index is 9.62. The van der Waals surface area contributed by atoms with Gasteiger partial charge in [0.25, 0.3) is 0 Å². The molecule has 0 N–H and O–H groups in total. The highest BCUT2D eigenvalue weighted by Crippen LogP contribution is 2.35. The number of nitrogens with zero attached hydrogens (tertiary/aromatic N) is 6. The first-order chi connectivity index (χ1) is 20.6. The minimum absolute atomic E-state index is 0.580. The number of hydrogen-bond acceptors (Lipinski definition) is 4. The molecule has 0 radical (unpaired) electrons. The monoisotopic (exact) mass is 532 g/mol. The number of rotatable bonds is 2. The van der Waals surface area contributed by atoms with Crippen LogP contribution in [0.15, 0.2) is 107 Å². The van der Waals surface area contributed by atoms with E-state index in [-0.39, 0.29) is 0 Å². The summed E-state index contributed by atoms with van der Waals surface area (Å²) in [5.74, 6) is 0. The third kappa shape index (κ3) is 3.70. The predicted molar refractivity (Wildman–Crippen MR) is 164 cm³/mol. The summed E-state index contributed by atoms with van der Waals surface area (Å²) >= 11 is 0. The Morgan fingerprint density at radius 2 is 1.02 bits per heavy atom. The van der Waals surface area contributed by atoms with Crippen LogP contribution >= 0.6 is 0 Å². The second kappa shape index (κ2) is 9.55. The Kier molecular flexibility index (Phi) is 5.56. The van der Waals surface area contributed by atoms with E-state index < -0.39 is 0 Å². The maximum atomic E-state index is 9.62. The van der Waals surface area contributed by atoms with Crippen LogP contribution in [-0.4, -0.2) is 0 Å². The molecule has 0 spiro atoms. The Balaban J connectivity index is 1.51. The molecule has 0 atom stereocenters. The zero-order chi connectivity index (χ0) is 28.8. The van der Waals surface area contributed by atoms with Gasteiger partial charge in [-0.05, 0) is 80.2 Å². The Bertz CT molecular complexity index is 2350. The standard InChI is InChI=1S/C36H16N6/c1-39-26-11-7-23(8-12-26)25-10-14-28-30-17-33-29(18-34(30)36(42-40-2)32(28)16-25)27-13-9-24(15-31(27)35(33)41-20-38)22-5-3-21(19-37)4-6-22/h3-18H. The molecule has 0 fully saturated rings. The minimum Gasteiger partial charge on any atom is -0.238 e. The number of benzene rings is 5. The van der Waals surface area contributed by atoms with Crippen molar-refractivity contribution in [3.05, 3.63) is 136 Å². The summed E-state index contributed by atoms with van der Waals surface area (Å²) in [4.78, 5) is 11.1. The fraction of sp³-hybridized carbons (Fsp3) is 0. The Labute approximate surface area is 239 Å². The first-order valence-electron chi connectivity index (χ1n) is 13.0. The fourth-order valence-electron chi connectivity index (χ4n) is 5.83. The van der Waals surface area contributed by atoms with Gasteiger partial charge in [0, 0.05) is 21.5 Å². The summed E-state index contributed by atoms with van der Waals surface area (Å²) in [5.41, 5.74) is 5.04. The first kappa shape index (κ1) is 24.4. The van der Waals surface area contributed by atoms with Crippen molar-refractivity contribution in [2.45, 2.75) is 0 Å². The quantitative estimate of drug-likeness (QED) is 0.128. The van der Waals surface area contributed by atoms with Gasteiger partial charge in [0.2, 0.25) is 6.19 Å². The maximum Gasteiger partial charge on any atom is 0.206 e. The first-order valence-corrected chi connectivity index (χ1v) is 13.0. The lowest BCUT2D eigenvalue weighted by Gasteiger charge is -2.03. The molecule has 6 heteroatoms. The van der Waals surface area contributed by atoms with Crippen LogP contribution < -0.4 is 10.7 Å². The van der Waals surface area contributed by atoms with E-state index in [1.54, 1.807) is 24.3 Å². The molecule has 7 aromatic carbocycles. The van der Waals surface area contributed by atoms with Gasteiger partial charge in [-0.15, -0.1) is 4.95 Å². The normalized spacial score (nSPS) is 12.0. The zero-order valence-electron chi connectivity index (χ0n) is 21.9. The van der Waals surface area contributed by atoms with E-state index in [1.165, 1.54) is 0 Å². The number of nitriles is 2. The third-order valence-corrected chi connectivity index (χ3v) is 7.79. The molecule has 42 heavy (non-hydrogen) atoms. The molecule has 0 amide bonds. The van der Waals surface area contributed by atoms with Crippen molar-refractivity contribution in [3.8, 4) is 34.5 Å². The molecule has 0 aliphatic heterocycles. The van der Waals surface area contributed by atoms with Crippen molar-refractivity contribution in [1.29, 1.82) is 10.5 Å². The van der Waals surface area contributed by atoms with Crippen molar-refractivity contribution in [2.75, 3.05) is 0 Å². The van der Waals surface area contributed by atoms with Crippen LogP contribution in [0.25, 0.3) is 75.1 Å². The van der Waals surface area contributed by atoms with Crippen molar-refractivity contribution >= 4 is 48.8 Å². The van der Waals surface area contributed by atoms with E-state index in [0.717, 1.165) is 65.3 Å². The molecular formula is C36H16N6. The van der Waals surface area contributed by atoms with E-state index in [9.17, 15) is 5.26 Å². The van der Waals surface area contributed by atoms with Crippen LogP contribution in [0.3, 0.4) is 0 Å². The minimum atomic E-state index is 0.580. The molecule has 6 nitrogen and oxygen atoms in total. The topological polar surface area (TPSA) is 81.0 Å². The lowest BCUT2D eigenvalue weighted by molar-refractivity contribution is 1.37. The highest BCUT2D eigenvalue weighted by atomic mass is 15.2. The van der Waals surface area contributed by atoms with E-state index in [4.69, 9.17) is 18.4 Å². The lowest BCUT2D eigenvalue weighted by atomic mass is 10.0. The summed E-state index contributed by atoms with van der Waals surface area (Å²) in [7, 11) is 0. The van der Waals surface area contributed by atoms with Gasteiger partial charge in [-0.2, -0.15) is 22.1 Å². The van der Waals surface area contributed by atoms with Gasteiger partial charge in [-0.25, -0.2) is 4.85 Å². The average molecular weight is 533 g/mol. The summed E-state index contributed by atoms with van der Waals surface area (Å²) < 4.78 is 0. The Morgan fingerprint density at radius 3 is 1.55 bits per heavy atom. The van der Waals surface area contributed by atoms with Gasteiger partial charge in [-0.1, -0.05) is 60.7 Å². The molecule has 0 saturated heterocycles. The second-order valence-electron chi connectivity index (χ2n) is 9.92. The van der Waals surface area contributed by atoms with Crippen molar-refractivity contribution in [1.82, 2.24) is 0 Å². The van der Waals surface area contributed by atoms with Crippen LogP contribution in [0.5, 0.6) is 0 Å². The average Bonchev–Trinajstić information content (AvgIpc) is 3.51. The highest BCUT2D eigenvalue weighted by Gasteiger charge is 2.17. The summed E-state index contributed by atoms with van der Waals surface area (Å²) in [6, 6.07) is 33.3. The molecule has 0 aliphatic rings. The van der Waals surface area contributed by atoms with Gasteiger partial charge in [0.05, 0.1) is 28.7 Å². The van der Waals surface area contributed by atoms with Crippen LogP contribution in [-0.2, 0) is 0 Å². The molecule has 0 heterocycles. The smallest absolute Gasteiger partial charge is 0.206 e.